The number of nitrogens with zero attached hydrogens (tertiary/aromatic N) is 2. The quantitative estimate of drug-likeness (QED) is 0.875. The summed E-state index contributed by atoms with van der Waals surface area (Å²) in [6.45, 7) is -0.0704. The molecule has 18 heavy (non-hydrogen) atoms. The Balaban J connectivity index is 2.22. The predicted octanol–water partition coefficient (Wildman–Crippen LogP) is 3.31. The summed E-state index contributed by atoms with van der Waals surface area (Å²) in [7, 11) is 0. The van der Waals surface area contributed by atoms with Crippen molar-refractivity contribution < 1.29 is 17.6 Å². The molecule has 1 N–H and O–H groups in total. The Hall–Kier alpha value is -1.70. The zero-order valence-electron chi connectivity index (χ0n) is 8.83. The van der Waals surface area contributed by atoms with Gasteiger partial charge in [-0.25, -0.2) is 4.39 Å². The molecule has 2 rings (SSSR count). The molecular formula is C10H7F4N3S. The maximum Gasteiger partial charge on any atom is 0.416 e. The SMILES string of the molecule is Fc1ccc(CNc2cnns2)c(C(F)(F)F)c1. The van der Waals surface area contributed by atoms with Crippen LogP contribution in [0.3, 0.4) is 0 Å². The van der Waals surface area contributed by atoms with Gasteiger partial charge in [-0.2, -0.15) is 13.2 Å². The van der Waals surface area contributed by atoms with E-state index in [2.05, 4.69) is 14.9 Å². The van der Waals surface area contributed by atoms with Gasteiger partial charge in [0.1, 0.15) is 10.8 Å². The molecule has 3 nitrogen and oxygen atoms in total. The molecule has 96 valence electrons. The van der Waals surface area contributed by atoms with Crippen LogP contribution in [0.1, 0.15) is 11.1 Å². The van der Waals surface area contributed by atoms with Gasteiger partial charge in [0, 0.05) is 18.1 Å². The van der Waals surface area contributed by atoms with Gasteiger partial charge in [-0.3, -0.25) is 0 Å². The lowest BCUT2D eigenvalue weighted by molar-refractivity contribution is -0.138. The summed E-state index contributed by atoms with van der Waals surface area (Å²) in [5.41, 5.74) is -1.01. The number of benzene rings is 1. The number of hydrogen-bond acceptors (Lipinski definition) is 4. The predicted molar refractivity (Wildman–Crippen MR) is 58.6 cm³/mol. The molecule has 0 aliphatic rings. The minimum absolute atomic E-state index is 0.0303. The van der Waals surface area contributed by atoms with Crippen LogP contribution >= 0.6 is 11.5 Å². The first-order chi connectivity index (χ1) is 8.47. The van der Waals surface area contributed by atoms with Gasteiger partial charge in [0.15, 0.2) is 0 Å². The topological polar surface area (TPSA) is 37.8 Å². The average Bonchev–Trinajstić information content (AvgIpc) is 2.79. The first kappa shape index (κ1) is 12.7. The molecular weight excluding hydrogens is 270 g/mol. The lowest BCUT2D eigenvalue weighted by Crippen LogP contribution is -2.12. The zero-order valence-corrected chi connectivity index (χ0v) is 9.65. The fraction of sp³-hybridized carbons (Fsp3) is 0.200. The second kappa shape index (κ2) is 4.89. The van der Waals surface area contributed by atoms with E-state index in [0.717, 1.165) is 23.7 Å². The number of aromatic nitrogens is 2. The number of alkyl halides is 3. The molecule has 0 saturated carbocycles. The van der Waals surface area contributed by atoms with Crippen LogP contribution in [0.15, 0.2) is 24.4 Å². The van der Waals surface area contributed by atoms with Gasteiger partial charge in [0.2, 0.25) is 0 Å². The summed E-state index contributed by atoms with van der Waals surface area (Å²) in [6, 6.07) is 2.60. The van der Waals surface area contributed by atoms with E-state index in [0.29, 0.717) is 11.1 Å². The summed E-state index contributed by atoms with van der Waals surface area (Å²) >= 11 is 1.03. The monoisotopic (exact) mass is 277 g/mol. The molecule has 0 amide bonds. The van der Waals surface area contributed by atoms with Crippen LogP contribution in [0.2, 0.25) is 0 Å². The third kappa shape index (κ3) is 2.95. The van der Waals surface area contributed by atoms with Gasteiger partial charge in [0.05, 0.1) is 11.8 Å². The second-order valence-corrected chi connectivity index (χ2v) is 4.22. The number of rotatable bonds is 3. The molecule has 0 unspecified atom stereocenters. The molecule has 0 bridgehead atoms. The lowest BCUT2D eigenvalue weighted by Gasteiger charge is -2.13. The highest BCUT2D eigenvalue weighted by molar-refractivity contribution is 7.09. The van der Waals surface area contributed by atoms with Crippen molar-refractivity contribution in [2.75, 3.05) is 5.32 Å². The molecule has 0 aliphatic carbocycles. The maximum absolute atomic E-state index is 12.9. The van der Waals surface area contributed by atoms with E-state index < -0.39 is 17.6 Å². The Kier molecular flexibility index (Phi) is 3.46. The molecule has 0 spiro atoms. The highest BCUT2D eigenvalue weighted by Crippen LogP contribution is 2.32. The molecule has 0 fully saturated rings. The Labute approximate surface area is 104 Å². The summed E-state index contributed by atoms with van der Waals surface area (Å²) in [5, 5.41) is 6.84. The fourth-order valence-corrected chi connectivity index (χ4v) is 1.81. The van der Waals surface area contributed by atoms with Crippen LogP contribution in [0.4, 0.5) is 22.6 Å². The zero-order chi connectivity index (χ0) is 13.2. The van der Waals surface area contributed by atoms with Crippen molar-refractivity contribution >= 4 is 16.5 Å². The summed E-state index contributed by atoms with van der Waals surface area (Å²) in [5.74, 6) is -0.912. The smallest absolute Gasteiger partial charge is 0.370 e. The molecule has 0 atom stereocenters. The van der Waals surface area contributed by atoms with Gasteiger partial charge in [0.25, 0.3) is 0 Å². The van der Waals surface area contributed by atoms with Crippen molar-refractivity contribution in [1.29, 1.82) is 0 Å². The van der Waals surface area contributed by atoms with E-state index in [-0.39, 0.29) is 12.1 Å². The highest BCUT2D eigenvalue weighted by Gasteiger charge is 2.33. The Bertz CT molecular complexity index is 524. The molecule has 1 heterocycles. The maximum atomic E-state index is 12.9. The van der Waals surface area contributed by atoms with Gasteiger partial charge in [-0.05, 0) is 17.7 Å². The molecule has 0 radical (unpaired) electrons. The van der Waals surface area contributed by atoms with E-state index >= 15 is 0 Å². The number of nitrogens with one attached hydrogen (secondary N) is 1. The van der Waals surface area contributed by atoms with Gasteiger partial charge in [-0.15, -0.1) is 5.10 Å². The van der Waals surface area contributed by atoms with Crippen LogP contribution < -0.4 is 5.32 Å². The normalized spacial score (nSPS) is 11.6. The fourth-order valence-electron chi connectivity index (χ4n) is 1.39. The van der Waals surface area contributed by atoms with Crippen molar-refractivity contribution in [1.82, 2.24) is 9.59 Å². The molecule has 8 heteroatoms. The van der Waals surface area contributed by atoms with E-state index in [4.69, 9.17) is 0 Å². The van der Waals surface area contributed by atoms with Gasteiger partial charge >= 0.3 is 6.18 Å². The Morgan fingerprint density at radius 1 is 1.28 bits per heavy atom. The summed E-state index contributed by atoms with van der Waals surface area (Å²) < 4.78 is 54.5. The van der Waals surface area contributed by atoms with Gasteiger partial charge < -0.3 is 5.32 Å². The van der Waals surface area contributed by atoms with E-state index in [1.165, 1.54) is 6.20 Å². The Morgan fingerprint density at radius 3 is 2.67 bits per heavy atom. The van der Waals surface area contributed by atoms with Crippen LogP contribution in [0, 0.1) is 5.82 Å². The highest BCUT2D eigenvalue weighted by atomic mass is 32.1. The molecule has 2 aromatic rings. The summed E-state index contributed by atoms with van der Waals surface area (Å²) in [6.07, 6.45) is -3.17. The third-order valence-electron chi connectivity index (χ3n) is 2.19. The van der Waals surface area contributed by atoms with E-state index in [1.807, 2.05) is 0 Å². The minimum Gasteiger partial charge on any atom is -0.370 e. The average molecular weight is 277 g/mol. The van der Waals surface area contributed by atoms with Crippen molar-refractivity contribution in [2.45, 2.75) is 12.7 Å². The van der Waals surface area contributed by atoms with Crippen LogP contribution in [-0.2, 0) is 12.7 Å². The standard InChI is InChI=1S/C10H7F4N3S/c11-7-2-1-6(8(3-7)10(12,13)14)4-15-9-5-16-17-18-9/h1-3,5,15H,4H2. The number of anilines is 1. The largest absolute Gasteiger partial charge is 0.416 e. The second-order valence-electron chi connectivity index (χ2n) is 3.43. The van der Waals surface area contributed by atoms with E-state index in [9.17, 15) is 17.6 Å². The number of hydrogen-bond donors (Lipinski definition) is 1. The van der Waals surface area contributed by atoms with Crippen molar-refractivity contribution in [3.05, 3.63) is 41.3 Å². The van der Waals surface area contributed by atoms with Crippen LogP contribution in [-0.4, -0.2) is 9.59 Å². The third-order valence-corrected chi connectivity index (χ3v) is 2.81. The van der Waals surface area contributed by atoms with Crippen molar-refractivity contribution in [3.63, 3.8) is 0 Å². The van der Waals surface area contributed by atoms with Crippen LogP contribution in [0.25, 0.3) is 0 Å². The molecule has 1 aromatic heterocycles. The lowest BCUT2D eigenvalue weighted by atomic mass is 10.1. The van der Waals surface area contributed by atoms with Crippen molar-refractivity contribution in [3.8, 4) is 0 Å². The first-order valence-corrected chi connectivity index (χ1v) is 5.61. The summed E-state index contributed by atoms with van der Waals surface area (Å²) in [4.78, 5) is 0. The van der Waals surface area contributed by atoms with E-state index in [1.54, 1.807) is 0 Å². The van der Waals surface area contributed by atoms with Crippen molar-refractivity contribution in [2.24, 2.45) is 0 Å². The first-order valence-electron chi connectivity index (χ1n) is 4.83. The molecule has 1 aromatic carbocycles. The minimum atomic E-state index is -4.58. The molecule has 0 saturated heterocycles. The molecule has 0 aliphatic heterocycles. The Morgan fingerprint density at radius 2 is 2.06 bits per heavy atom. The van der Waals surface area contributed by atoms with Crippen LogP contribution in [0.5, 0.6) is 0 Å². The number of halogens is 4. The van der Waals surface area contributed by atoms with Gasteiger partial charge in [-0.1, -0.05) is 10.6 Å².